The van der Waals surface area contributed by atoms with E-state index in [0.717, 1.165) is 0 Å². The highest BCUT2D eigenvalue weighted by molar-refractivity contribution is 6.04. The molecule has 1 aliphatic heterocycles. The van der Waals surface area contributed by atoms with Crippen LogP contribution in [0.15, 0.2) is 67.4 Å². The molecule has 6 rings (SSSR count). The van der Waals surface area contributed by atoms with Crippen molar-refractivity contribution in [3.05, 3.63) is 78.5 Å². The van der Waals surface area contributed by atoms with E-state index < -0.39 is 0 Å². The van der Waals surface area contributed by atoms with Gasteiger partial charge < -0.3 is 0 Å². The molecular weight excluding hydrogens is 268 g/mol. The van der Waals surface area contributed by atoms with Crippen LogP contribution in [0, 0.1) is 0 Å². The molecule has 102 valence electrons. The van der Waals surface area contributed by atoms with E-state index in [1.54, 1.807) is 0 Å². The quantitative estimate of drug-likeness (QED) is 0.466. The first kappa shape index (κ1) is 10.8. The van der Waals surface area contributed by atoms with E-state index in [0.29, 0.717) is 6.04 Å². The molecule has 0 radical (unpaired) electrons. The summed E-state index contributed by atoms with van der Waals surface area (Å²) in [7, 11) is 0. The molecular formula is C20H13N2+. The normalized spacial score (nSPS) is 18.0. The van der Waals surface area contributed by atoms with Crippen LogP contribution in [0.2, 0.25) is 0 Å². The Kier molecular flexibility index (Phi) is 1.62. The second-order valence-electron chi connectivity index (χ2n) is 6.13. The highest BCUT2D eigenvalue weighted by Gasteiger charge is 2.40. The van der Waals surface area contributed by atoms with E-state index in [1.807, 2.05) is 6.08 Å². The maximum Gasteiger partial charge on any atom is 0.296 e. The number of para-hydroxylation sites is 2. The summed E-state index contributed by atoms with van der Waals surface area (Å²) in [6.45, 7) is 3.99. The fourth-order valence-electron chi connectivity index (χ4n) is 4.35. The lowest BCUT2D eigenvalue weighted by atomic mass is 9.99. The van der Waals surface area contributed by atoms with E-state index >= 15 is 0 Å². The van der Waals surface area contributed by atoms with Gasteiger partial charge in [-0.2, -0.15) is 4.40 Å². The van der Waals surface area contributed by atoms with E-state index in [2.05, 4.69) is 70.3 Å². The van der Waals surface area contributed by atoms with E-state index in [1.165, 1.54) is 44.2 Å². The summed E-state index contributed by atoms with van der Waals surface area (Å²) in [6, 6.07) is 15.7. The molecule has 0 bridgehead atoms. The number of hydrogen-bond donors (Lipinski definition) is 0. The molecule has 0 saturated heterocycles. The van der Waals surface area contributed by atoms with Crippen LogP contribution >= 0.6 is 0 Å². The van der Waals surface area contributed by atoms with Gasteiger partial charge in [0.1, 0.15) is 6.04 Å². The van der Waals surface area contributed by atoms with Crippen LogP contribution in [0.4, 0.5) is 0 Å². The van der Waals surface area contributed by atoms with Gasteiger partial charge in [-0.05, 0) is 40.8 Å². The van der Waals surface area contributed by atoms with Crippen LogP contribution < -0.4 is 4.57 Å². The van der Waals surface area contributed by atoms with Gasteiger partial charge in [0.15, 0.2) is 11.0 Å². The highest BCUT2D eigenvalue weighted by Crippen LogP contribution is 2.45. The van der Waals surface area contributed by atoms with E-state index in [-0.39, 0.29) is 0 Å². The van der Waals surface area contributed by atoms with Gasteiger partial charge in [-0.3, -0.25) is 0 Å². The summed E-state index contributed by atoms with van der Waals surface area (Å²) in [5.41, 5.74) is 7.94. The first-order valence-corrected chi connectivity index (χ1v) is 7.63. The lowest BCUT2D eigenvalue weighted by molar-refractivity contribution is -0.647. The van der Waals surface area contributed by atoms with Gasteiger partial charge in [-0.1, -0.05) is 36.9 Å². The Labute approximate surface area is 127 Å². The molecule has 3 heterocycles. The second kappa shape index (κ2) is 3.30. The number of aromatic nitrogens is 2. The lowest BCUT2D eigenvalue weighted by Crippen LogP contribution is -2.34. The molecule has 2 nitrogen and oxygen atoms in total. The molecule has 0 spiro atoms. The van der Waals surface area contributed by atoms with Crippen molar-refractivity contribution in [3.8, 4) is 0 Å². The number of nitrogens with zero attached hydrogens (tertiary/aromatic N) is 2. The number of rotatable bonds is 1. The van der Waals surface area contributed by atoms with E-state index in [9.17, 15) is 0 Å². The second-order valence-corrected chi connectivity index (χ2v) is 6.13. The smallest absolute Gasteiger partial charge is 0.212 e. The topological polar surface area (TPSA) is 8.29 Å². The van der Waals surface area contributed by atoms with Crippen molar-refractivity contribution >= 4 is 33.0 Å². The molecule has 2 aliphatic rings. The minimum Gasteiger partial charge on any atom is -0.212 e. The third kappa shape index (κ3) is 0.960. The summed E-state index contributed by atoms with van der Waals surface area (Å²) < 4.78 is 4.81. The Morgan fingerprint density at radius 1 is 1.09 bits per heavy atom. The van der Waals surface area contributed by atoms with Crippen molar-refractivity contribution in [1.29, 1.82) is 0 Å². The summed E-state index contributed by atoms with van der Waals surface area (Å²) in [5, 5.41) is 2.72. The molecule has 0 N–H and O–H groups in total. The molecule has 0 amide bonds. The Balaban J connectivity index is 1.98. The SMILES string of the molecule is C=CC1=CC2c3c1ccc1ccn4c5ccccc5[n+]2c4c31. The van der Waals surface area contributed by atoms with Gasteiger partial charge in [0.05, 0.1) is 11.6 Å². The highest BCUT2D eigenvalue weighted by atomic mass is 15.2. The minimum atomic E-state index is 0.305. The van der Waals surface area contributed by atoms with Crippen molar-refractivity contribution in [2.24, 2.45) is 0 Å². The lowest BCUT2D eigenvalue weighted by Gasteiger charge is -2.04. The van der Waals surface area contributed by atoms with Crippen LogP contribution in [-0.4, -0.2) is 4.40 Å². The largest absolute Gasteiger partial charge is 0.296 e. The molecule has 2 aromatic carbocycles. The standard InChI is InChI=1S/C20H13N2/c1-2-12-11-17-19-14(12)8-7-13-9-10-21-15-5-3-4-6-16(15)22(17)20(21)18(13)19/h2-11,17H,1H2/q+1. The molecule has 22 heavy (non-hydrogen) atoms. The Hall–Kier alpha value is -2.87. The third-order valence-electron chi connectivity index (χ3n) is 5.20. The Morgan fingerprint density at radius 2 is 2.00 bits per heavy atom. The summed E-state index contributed by atoms with van der Waals surface area (Å²) >= 11 is 0. The number of pyridine rings is 1. The average Bonchev–Trinajstić information content (AvgIpc) is 3.19. The first-order valence-electron chi connectivity index (χ1n) is 7.63. The molecule has 1 atom stereocenters. The molecule has 1 unspecified atom stereocenters. The maximum absolute atomic E-state index is 3.99. The van der Waals surface area contributed by atoms with Crippen LogP contribution in [0.25, 0.3) is 33.0 Å². The number of allylic oxidation sites excluding steroid dienone is 3. The van der Waals surface area contributed by atoms with Gasteiger partial charge in [-0.25, -0.2) is 4.57 Å². The molecule has 1 aliphatic carbocycles. The van der Waals surface area contributed by atoms with Crippen molar-refractivity contribution < 1.29 is 4.57 Å². The van der Waals surface area contributed by atoms with Crippen molar-refractivity contribution in [2.75, 3.05) is 0 Å². The summed E-state index contributed by atoms with van der Waals surface area (Å²) in [6.07, 6.45) is 6.53. The fourth-order valence-corrected chi connectivity index (χ4v) is 4.35. The van der Waals surface area contributed by atoms with Gasteiger partial charge in [-0.15, -0.1) is 0 Å². The molecule has 0 fully saturated rings. The van der Waals surface area contributed by atoms with Gasteiger partial charge in [0.25, 0.3) is 5.65 Å². The summed E-state index contributed by atoms with van der Waals surface area (Å²) in [4.78, 5) is 0. The predicted molar refractivity (Wildman–Crippen MR) is 88.9 cm³/mol. The Bertz CT molecular complexity index is 1190. The zero-order valence-corrected chi connectivity index (χ0v) is 12.0. The molecule has 4 aromatic rings. The van der Waals surface area contributed by atoms with Gasteiger partial charge in [0.2, 0.25) is 0 Å². The first-order chi connectivity index (χ1) is 10.9. The molecule has 2 heteroatoms. The monoisotopic (exact) mass is 281 g/mol. The number of benzene rings is 2. The zero-order valence-electron chi connectivity index (χ0n) is 12.0. The van der Waals surface area contributed by atoms with Crippen LogP contribution in [-0.2, 0) is 0 Å². The molecule has 2 aromatic heterocycles. The Morgan fingerprint density at radius 3 is 2.91 bits per heavy atom. The van der Waals surface area contributed by atoms with Crippen molar-refractivity contribution in [2.45, 2.75) is 6.04 Å². The number of hydrogen-bond acceptors (Lipinski definition) is 0. The van der Waals surface area contributed by atoms with Gasteiger partial charge >= 0.3 is 0 Å². The van der Waals surface area contributed by atoms with Crippen LogP contribution in [0.1, 0.15) is 17.2 Å². The van der Waals surface area contributed by atoms with Gasteiger partial charge in [0, 0.05) is 5.56 Å². The third-order valence-corrected chi connectivity index (χ3v) is 5.20. The maximum atomic E-state index is 3.99. The average molecular weight is 281 g/mol. The zero-order chi connectivity index (χ0) is 14.4. The van der Waals surface area contributed by atoms with E-state index in [4.69, 9.17) is 0 Å². The van der Waals surface area contributed by atoms with Crippen molar-refractivity contribution in [1.82, 2.24) is 4.40 Å². The number of fused-ring (bicyclic) bond motifs is 4. The molecule has 0 saturated carbocycles. The number of imidazole rings is 1. The minimum absolute atomic E-state index is 0.305. The summed E-state index contributed by atoms with van der Waals surface area (Å²) in [5.74, 6) is 0. The fraction of sp³-hybridized carbons (Fsp3) is 0.0500. The van der Waals surface area contributed by atoms with Crippen LogP contribution in [0.5, 0.6) is 0 Å². The van der Waals surface area contributed by atoms with Crippen LogP contribution in [0.3, 0.4) is 0 Å². The predicted octanol–water partition coefficient (Wildman–Crippen LogP) is 4.02. The van der Waals surface area contributed by atoms with Crippen molar-refractivity contribution in [3.63, 3.8) is 0 Å².